The zero-order valence-electron chi connectivity index (χ0n) is 10.9. The first kappa shape index (κ1) is 14.9. The van der Waals surface area contributed by atoms with Crippen LogP contribution in [0.5, 0.6) is 0 Å². The zero-order chi connectivity index (χ0) is 15.6. The van der Waals surface area contributed by atoms with Crippen molar-refractivity contribution in [3.8, 4) is 0 Å². The Hall–Kier alpha value is -2.51. The standard InChI is InChI=1S/C13H11F3N2O3/c1-2-21-11(19)6-10-12(20)18-9-5-7(13(14,15)16)3-4-8(9)17-10/h3-6,17H,2H2,1H3,(H,18,20)/b10-6+. The first-order chi connectivity index (χ1) is 9.81. The van der Waals surface area contributed by atoms with Crippen LogP contribution >= 0.6 is 0 Å². The summed E-state index contributed by atoms with van der Waals surface area (Å²) < 4.78 is 42.4. The van der Waals surface area contributed by atoms with Crippen molar-refractivity contribution >= 4 is 23.3 Å². The number of hydrogen-bond donors (Lipinski definition) is 2. The molecule has 1 aromatic rings. The van der Waals surface area contributed by atoms with Gasteiger partial charge in [0.2, 0.25) is 0 Å². The number of ether oxygens (including phenoxy) is 1. The Morgan fingerprint density at radius 1 is 1.29 bits per heavy atom. The lowest BCUT2D eigenvalue weighted by Gasteiger charge is -2.22. The third-order valence-corrected chi connectivity index (χ3v) is 2.66. The number of esters is 1. The van der Waals surface area contributed by atoms with E-state index in [-0.39, 0.29) is 23.7 Å². The smallest absolute Gasteiger partial charge is 0.416 e. The van der Waals surface area contributed by atoms with Gasteiger partial charge in [-0.05, 0) is 25.1 Å². The van der Waals surface area contributed by atoms with Crippen LogP contribution in [0.4, 0.5) is 24.5 Å². The molecule has 1 aromatic carbocycles. The van der Waals surface area contributed by atoms with Crippen molar-refractivity contribution in [2.24, 2.45) is 0 Å². The van der Waals surface area contributed by atoms with Gasteiger partial charge in [0, 0.05) is 0 Å². The molecule has 8 heteroatoms. The van der Waals surface area contributed by atoms with Crippen molar-refractivity contribution in [2.45, 2.75) is 13.1 Å². The summed E-state index contributed by atoms with van der Waals surface area (Å²) in [6.07, 6.45) is -3.56. The van der Waals surface area contributed by atoms with Gasteiger partial charge in [-0.2, -0.15) is 13.2 Å². The topological polar surface area (TPSA) is 67.4 Å². The molecule has 112 valence electrons. The van der Waals surface area contributed by atoms with E-state index in [2.05, 4.69) is 15.4 Å². The molecular formula is C13H11F3N2O3. The molecule has 0 bridgehead atoms. The number of halogens is 3. The van der Waals surface area contributed by atoms with Gasteiger partial charge < -0.3 is 15.4 Å². The van der Waals surface area contributed by atoms with Gasteiger partial charge in [0.15, 0.2) is 0 Å². The van der Waals surface area contributed by atoms with Crippen LogP contribution in [0.2, 0.25) is 0 Å². The molecule has 0 unspecified atom stereocenters. The molecule has 0 saturated carbocycles. The van der Waals surface area contributed by atoms with E-state index in [0.717, 1.165) is 18.2 Å². The Balaban J connectivity index is 2.29. The molecular weight excluding hydrogens is 289 g/mol. The quantitative estimate of drug-likeness (QED) is 0.650. The molecule has 2 N–H and O–H groups in total. The molecule has 0 saturated heterocycles. The molecule has 0 radical (unpaired) electrons. The number of fused-ring (bicyclic) bond motifs is 1. The summed E-state index contributed by atoms with van der Waals surface area (Å²) in [6, 6.07) is 2.88. The number of carbonyl (C=O) groups is 2. The summed E-state index contributed by atoms with van der Waals surface area (Å²) in [5.74, 6) is -1.43. The normalized spacial score (nSPS) is 16.0. The second-order valence-corrected chi connectivity index (χ2v) is 4.15. The molecule has 1 aliphatic rings. The van der Waals surface area contributed by atoms with Crippen LogP contribution in [-0.2, 0) is 20.5 Å². The van der Waals surface area contributed by atoms with Crippen LogP contribution in [0.25, 0.3) is 0 Å². The maximum absolute atomic E-state index is 12.6. The van der Waals surface area contributed by atoms with E-state index in [0.29, 0.717) is 0 Å². The van der Waals surface area contributed by atoms with Crippen LogP contribution in [0.3, 0.4) is 0 Å². The largest absolute Gasteiger partial charge is 0.463 e. The van der Waals surface area contributed by atoms with Gasteiger partial charge in [-0.25, -0.2) is 4.79 Å². The van der Waals surface area contributed by atoms with Crippen molar-refractivity contribution in [3.63, 3.8) is 0 Å². The SMILES string of the molecule is CCOC(=O)/C=C1/Nc2ccc(C(F)(F)F)cc2NC1=O. The molecule has 0 spiro atoms. The molecule has 0 fully saturated rings. The summed E-state index contributed by atoms with van der Waals surface area (Å²) in [4.78, 5) is 23.0. The predicted molar refractivity (Wildman–Crippen MR) is 68.4 cm³/mol. The summed E-state index contributed by atoms with van der Waals surface area (Å²) in [7, 11) is 0. The van der Waals surface area contributed by atoms with Crippen LogP contribution in [-0.4, -0.2) is 18.5 Å². The first-order valence-electron chi connectivity index (χ1n) is 5.99. The number of hydrogen-bond acceptors (Lipinski definition) is 4. The van der Waals surface area contributed by atoms with E-state index >= 15 is 0 Å². The van der Waals surface area contributed by atoms with E-state index in [1.165, 1.54) is 6.07 Å². The van der Waals surface area contributed by atoms with E-state index in [4.69, 9.17) is 0 Å². The summed E-state index contributed by atoms with van der Waals surface area (Å²) >= 11 is 0. The van der Waals surface area contributed by atoms with Gasteiger partial charge in [0.05, 0.1) is 29.6 Å². The van der Waals surface area contributed by atoms with Crippen LogP contribution in [0.15, 0.2) is 30.0 Å². The summed E-state index contributed by atoms with van der Waals surface area (Å²) in [6.45, 7) is 1.76. The van der Waals surface area contributed by atoms with E-state index in [9.17, 15) is 22.8 Å². The molecule has 0 aliphatic carbocycles. The number of anilines is 2. The highest BCUT2D eigenvalue weighted by Crippen LogP contribution is 2.36. The highest BCUT2D eigenvalue weighted by Gasteiger charge is 2.32. The average Bonchev–Trinajstić information content (AvgIpc) is 2.38. The predicted octanol–water partition coefficient (Wildman–Crippen LogP) is 2.52. The molecule has 0 aromatic heterocycles. The van der Waals surface area contributed by atoms with Crippen molar-refractivity contribution in [2.75, 3.05) is 17.2 Å². The fourth-order valence-corrected chi connectivity index (χ4v) is 1.73. The third-order valence-electron chi connectivity index (χ3n) is 2.66. The number of benzene rings is 1. The molecule has 1 heterocycles. The van der Waals surface area contributed by atoms with Crippen LogP contribution < -0.4 is 10.6 Å². The fourth-order valence-electron chi connectivity index (χ4n) is 1.73. The van der Waals surface area contributed by atoms with Crippen LogP contribution in [0.1, 0.15) is 12.5 Å². The van der Waals surface area contributed by atoms with Crippen molar-refractivity contribution in [1.29, 1.82) is 0 Å². The van der Waals surface area contributed by atoms with Gasteiger partial charge in [0.25, 0.3) is 5.91 Å². The zero-order valence-corrected chi connectivity index (χ0v) is 10.9. The van der Waals surface area contributed by atoms with Gasteiger partial charge >= 0.3 is 12.1 Å². The van der Waals surface area contributed by atoms with Crippen molar-refractivity contribution in [3.05, 3.63) is 35.5 Å². The second kappa shape index (κ2) is 5.47. The fraction of sp³-hybridized carbons (Fsp3) is 0.231. The molecule has 1 amide bonds. The molecule has 0 atom stereocenters. The van der Waals surface area contributed by atoms with E-state index in [1.807, 2.05) is 0 Å². The van der Waals surface area contributed by atoms with Crippen LogP contribution in [0, 0.1) is 0 Å². The number of nitrogens with one attached hydrogen (secondary N) is 2. The molecule has 21 heavy (non-hydrogen) atoms. The van der Waals surface area contributed by atoms with Crippen molar-refractivity contribution < 1.29 is 27.5 Å². The number of alkyl halides is 3. The minimum Gasteiger partial charge on any atom is -0.463 e. The number of rotatable bonds is 2. The van der Waals surface area contributed by atoms with Gasteiger partial charge in [0.1, 0.15) is 5.70 Å². The lowest BCUT2D eigenvalue weighted by atomic mass is 10.1. The maximum Gasteiger partial charge on any atom is 0.416 e. The average molecular weight is 300 g/mol. The van der Waals surface area contributed by atoms with Crippen molar-refractivity contribution in [1.82, 2.24) is 0 Å². The van der Waals surface area contributed by atoms with Gasteiger partial charge in [-0.3, -0.25) is 4.79 Å². The lowest BCUT2D eigenvalue weighted by Crippen LogP contribution is -2.27. The number of carbonyl (C=O) groups excluding carboxylic acids is 2. The third kappa shape index (κ3) is 3.33. The first-order valence-corrected chi connectivity index (χ1v) is 5.99. The maximum atomic E-state index is 12.6. The highest BCUT2D eigenvalue weighted by molar-refractivity contribution is 6.13. The Labute approximate surface area is 117 Å². The minimum absolute atomic E-state index is 0.00386. The lowest BCUT2D eigenvalue weighted by molar-refractivity contribution is -0.138. The van der Waals surface area contributed by atoms with E-state index in [1.54, 1.807) is 6.92 Å². The molecule has 2 rings (SSSR count). The van der Waals surface area contributed by atoms with Gasteiger partial charge in [-0.15, -0.1) is 0 Å². The molecule has 1 aliphatic heterocycles. The monoisotopic (exact) mass is 300 g/mol. The second-order valence-electron chi connectivity index (χ2n) is 4.15. The van der Waals surface area contributed by atoms with E-state index < -0.39 is 23.6 Å². The highest BCUT2D eigenvalue weighted by atomic mass is 19.4. The number of amides is 1. The summed E-state index contributed by atoms with van der Waals surface area (Å²) in [5.41, 5.74) is -0.712. The Bertz CT molecular complexity index is 624. The Kier molecular flexibility index (Phi) is 3.88. The Morgan fingerprint density at radius 2 is 2.00 bits per heavy atom. The minimum atomic E-state index is -4.50. The van der Waals surface area contributed by atoms with Gasteiger partial charge in [-0.1, -0.05) is 0 Å². The Morgan fingerprint density at radius 3 is 2.62 bits per heavy atom. The summed E-state index contributed by atoms with van der Waals surface area (Å²) in [5, 5.41) is 4.89. The molecule has 5 nitrogen and oxygen atoms in total.